The van der Waals surface area contributed by atoms with Crippen LogP contribution in [0.1, 0.15) is 9.67 Å². The van der Waals surface area contributed by atoms with Crippen molar-refractivity contribution in [3.8, 4) is 10.4 Å². The number of carbonyl (C=O) groups is 2. The molecule has 1 aromatic carbocycles. The number of primary amides is 1. The van der Waals surface area contributed by atoms with Gasteiger partial charge in [0, 0.05) is 36.5 Å². The molecule has 2 fully saturated rings. The minimum absolute atomic E-state index is 0.131. The van der Waals surface area contributed by atoms with Crippen LogP contribution in [0.15, 0.2) is 30.3 Å². The number of nitrogens with two attached hydrogens (primary N) is 1. The van der Waals surface area contributed by atoms with Gasteiger partial charge in [0.1, 0.15) is 10.7 Å². The number of likely N-dealkylation sites (tertiary alicyclic amines) is 1. The molecule has 2 aliphatic heterocycles. The Hall–Kier alpha value is -2.45. The first-order valence-electron chi connectivity index (χ1n) is 7.92. The molecule has 6 nitrogen and oxygen atoms in total. The molecule has 0 atom stereocenters. The Morgan fingerprint density at radius 1 is 1.28 bits per heavy atom. The van der Waals surface area contributed by atoms with Gasteiger partial charge >= 0.3 is 6.03 Å². The third-order valence-electron chi connectivity index (χ3n) is 4.63. The van der Waals surface area contributed by atoms with Crippen LogP contribution in [-0.4, -0.2) is 43.0 Å². The van der Waals surface area contributed by atoms with Crippen molar-refractivity contribution < 1.29 is 14.0 Å². The molecule has 2 saturated heterocycles. The number of urea groups is 1. The highest BCUT2D eigenvalue weighted by Gasteiger charge is 2.49. The van der Waals surface area contributed by atoms with E-state index in [2.05, 4.69) is 10.6 Å². The van der Waals surface area contributed by atoms with Crippen molar-refractivity contribution in [2.24, 2.45) is 11.1 Å². The summed E-state index contributed by atoms with van der Waals surface area (Å²) < 4.78 is 13.5. The molecule has 0 aliphatic carbocycles. The Labute approximate surface area is 147 Å². The fourth-order valence-corrected chi connectivity index (χ4v) is 4.39. The molecule has 4 rings (SSSR count). The summed E-state index contributed by atoms with van der Waals surface area (Å²) in [4.78, 5) is 27.0. The number of nitrogens with zero attached hydrogens (tertiary/aromatic N) is 1. The van der Waals surface area contributed by atoms with Gasteiger partial charge in [-0.25, -0.2) is 9.18 Å². The summed E-state index contributed by atoms with van der Waals surface area (Å²) in [6.07, 6.45) is 0. The van der Waals surface area contributed by atoms with Crippen LogP contribution < -0.4 is 16.4 Å². The average Bonchev–Trinajstić information content (AvgIpc) is 2.87. The van der Waals surface area contributed by atoms with Crippen molar-refractivity contribution in [3.63, 3.8) is 0 Å². The topological polar surface area (TPSA) is 87.5 Å². The molecular weight excluding hydrogens is 343 g/mol. The molecular formula is C17H17FN4O2S. The summed E-state index contributed by atoms with van der Waals surface area (Å²) in [5.74, 6) is -0.487. The molecule has 8 heteroatoms. The van der Waals surface area contributed by atoms with Crippen molar-refractivity contribution in [2.45, 2.75) is 0 Å². The van der Waals surface area contributed by atoms with Gasteiger partial charge in [0.15, 0.2) is 0 Å². The van der Waals surface area contributed by atoms with Crippen LogP contribution >= 0.6 is 11.3 Å². The van der Waals surface area contributed by atoms with E-state index in [1.165, 1.54) is 23.5 Å². The van der Waals surface area contributed by atoms with Crippen LogP contribution in [-0.2, 0) is 0 Å². The van der Waals surface area contributed by atoms with Crippen LogP contribution in [0.3, 0.4) is 0 Å². The third kappa shape index (κ3) is 2.87. The number of carbonyl (C=O) groups excluding carboxylic acids is 2. The van der Waals surface area contributed by atoms with Crippen LogP contribution in [0.2, 0.25) is 0 Å². The van der Waals surface area contributed by atoms with Gasteiger partial charge in [0.25, 0.3) is 5.91 Å². The molecule has 1 aromatic heterocycles. The highest BCUT2D eigenvalue weighted by molar-refractivity contribution is 7.18. The van der Waals surface area contributed by atoms with Crippen molar-refractivity contribution >= 4 is 29.0 Å². The standard InChI is InChI=1S/C17H17FN4O2S/c18-11-3-1-2-10(4-11)13-5-12(21-16(19)24)14(25-13)15(23)22-8-17(9-22)6-20-7-17/h1-5,20H,6-9H2,(H3,19,21,24). The Kier molecular flexibility index (Phi) is 3.73. The summed E-state index contributed by atoms with van der Waals surface area (Å²) in [6.45, 7) is 3.29. The van der Waals surface area contributed by atoms with E-state index in [0.29, 0.717) is 34.1 Å². The number of halogens is 1. The van der Waals surface area contributed by atoms with Crippen LogP contribution in [0, 0.1) is 11.2 Å². The average molecular weight is 360 g/mol. The maximum Gasteiger partial charge on any atom is 0.316 e. The van der Waals surface area contributed by atoms with E-state index in [4.69, 9.17) is 5.73 Å². The monoisotopic (exact) mass is 360 g/mol. The Morgan fingerprint density at radius 3 is 2.64 bits per heavy atom. The quantitative estimate of drug-likeness (QED) is 0.783. The van der Waals surface area contributed by atoms with E-state index in [1.807, 2.05) is 0 Å². The first-order chi connectivity index (χ1) is 12.0. The van der Waals surface area contributed by atoms with Crippen molar-refractivity contribution in [1.82, 2.24) is 10.2 Å². The molecule has 3 heterocycles. The number of anilines is 1. The number of rotatable bonds is 3. The maximum atomic E-state index is 13.5. The molecule has 2 aromatic rings. The Morgan fingerprint density at radius 2 is 2.04 bits per heavy atom. The predicted molar refractivity (Wildman–Crippen MR) is 94.1 cm³/mol. The van der Waals surface area contributed by atoms with Crippen LogP contribution in [0.4, 0.5) is 14.9 Å². The summed E-state index contributed by atoms with van der Waals surface area (Å²) in [6, 6.07) is 7.05. The summed E-state index contributed by atoms with van der Waals surface area (Å²) >= 11 is 1.23. The number of hydrogen-bond acceptors (Lipinski definition) is 4. The molecule has 130 valence electrons. The number of amides is 3. The van der Waals surface area contributed by atoms with E-state index < -0.39 is 6.03 Å². The first kappa shape index (κ1) is 16.0. The van der Waals surface area contributed by atoms with Crippen LogP contribution in [0.25, 0.3) is 10.4 Å². The van der Waals surface area contributed by atoms with E-state index in [1.54, 1.807) is 23.1 Å². The van der Waals surface area contributed by atoms with Gasteiger partial charge in [0.2, 0.25) is 0 Å². The zero-order valence-electron chi connectivity index (χ0n) is 13.3. The second-order valence-electron chi connectivity index (χ2n) is 6.62. The SMILES string of the molecule is NC(=O)Nc1cc(-c2cccc(F)c2)sc1C(=O)N1CC2(CNC2)C1. The number of nitrogens with one attached hydrogen (secondary N) is 2. The van der Waals surface area contributed by atoms with E-state index >= 15 is 0 Å². The molecule has 0 saturated carbocycles. The van der Waals surface area contributed by atoms with Gasteiger partial charge in [-0.1, -0.05) is 12.1 Å². The highest BCUT2D eigenvalue weighted by atomic mass is 32.1. The normalized spacial score (nSPS) is 17.7. The molecule has 4 N–H and O–H groups in total. The molecule has 1 spiro atoms. The van der Waals surface area contributed by atoms with Gasteiger partial charge in [-0.15, -0.1) is 11.3 Å². The summed E-state index contributed by atoms with van der Waals surface area (Å²) in [7, 11) is 0. The lowest BCUT2D eigenvalue weighted by Gasteiger charge is -2.55. The molecule has 2 aliphatic rings. The fraction of sp³-hybridized carbons (Fsp3) is 0.294. The summed E-state index contributed by atoms with van der Waals surface area (Å²) in [5, 5.41) is 5.73. The number of thiophene rings is 1. The second-order valence-corrected chi connectivity index (χ2v) is 7.67. The van der Waals surface area contributed by atoms with Gasteiger partial charge in [-0.05, 0) is 23.8 Å². The van der Waals surface area contributed by atoms with E-state index in [9.17, 15) is 14.0 Å². The molecule has 3 amide bonds. The van der Waals surface area contributed by atoms with Gasteiger partial charge in [0.05, 0.1) is 5.69 Å². The van der Waals surface area contributed by atoms with Gasteiger partial charge in [-0.2, -0.15) is 0 Å². The summed E-state index contributed by atoms with van der Waals surface area (Å²) in [5.41, 5.74) is 6.46. The van der Waals surface area contributed by atoms with E-state index in [-0.39, 0.29) is 17.1 Å². The van der Waals surface area contributed by atoms with Crippen molar-refractivity contribution in [3.05, 3.63) is 41.0 Å². The highest BCUT2D eigenvalue weighted by Crippen LogP contribution is 2.40. The lowest BCUT2D eigenvalue weighted by Crippen LogP contribution is -2.71. The molecule has 0 unspecified atom stereocenters. The van der Waals surface area contributed by atoms with Gasteiger partial charge < -0.3 is 21.3 Å². The molecule has 0 bridgehead atoms. The predicted octanol–water partition coefficient (Wildman–Crippen LogP) is 2.09. The number of hydrogen-bond donors (Lipinski definition) is 3. The fourth-order valence-electron chi connectivity index (χ4n) is 3.31. The number of benzene rings is 1. The zero-order valence-corrected chi connectivity index (χ0v) is 14.2. The van der Waals surface area contributed by atoms with Crippen LogP contribution in [0.5, 0.6) is 0 Å². The third-order valence-corrected chi connectivity index (χ3v) is 5.81. The largest absolute Gasteiger partial charge is 0.351 e. The lowest BCUT2D eigenvalue weighted by atomic mass is 9.74. The van der Waals surface area contributed by atoms with Crippen molar-refractivity contribution in [1.29, 1.82) is 0 Å². The minimum atomic E-state index is -0.735. The van der Waals surface area contributed by atoms with Gasteiger partial charge in [-0.3, -0.25) is 4.79 Å². The Balaban J connectivity index is 1.63. The molecule has 25 heavy (non-hydrogen) atoms. The minimum Gasteiger partial charge on any atom is -0.351 e. The maximum absolute atomic E-state index is 13.5. The van der Waals surface area contributed by atoms with Crippen molar-refractivity contribution in [2.75, 3.05) is 31.5 Å². The Bertz CT molecular complexity index is 854. The lowest BCUT2D eigenvalue weighted by molar-refractivity contribution is -0.0244. The zero-order chi connectivity index (χ0) is 17.6. The first-order valence-corrected chi connectivity index (χ1v) is 8.74. The second kappa shape index (κ2) is 5.82. The smallest absolute Gasteiger partial charge is 0.316 e. The van der Waals surface area contributed by atoms with E-state index in [0.717, 1.165) is 13.1 Å². The molecule has 0 radical (unpaired) electrons.